The van der Waals surface area contributed by atoms with Crippen molar-refractivity contribution in [1.82, 2.24) is 10.2 Å². The van der Waals surface area contributed by atoms with Gasteiger partial charge >= 0.3 is 0 Å². The third-order valence-corrected chi connectivity index (χ3v) is 4.13. The molecule has 0 spiro atoms. The Morgan fingerprint density at radius 3 is 2.60 bits per heavy atom. The van der Waals surface area contributed by atoms with Crippen LogP contribution < -0.4 is 5.32 Å². The smallest absolute Gasteiger partial charge is 0.248 e. The average molecular weight is 284 g/mol. The fraction of sp³-hybridized carbons (Fsp3) is 0.938. The van der Waals surface area contributed by atoms with E-state index in [4.69, 9.17) is 4.74 Å². The minimum atomic E-state index is 0.124. The summed E-state index contributed by atoms with van der Waals surface area (Å²) in [5.41, 5.74) is 0. The molecule has 20 heavy (non-hydrogen) atoms. The molecule has 1 aliphatic rings. The van der Waals surface area contributed by atoms with E-state index in [9.17, 15) is 4.79 Å². The topological polar surface area (TPSA) is 41.6 Å². The van der Waals surface area contributed by atoms with Crippen LogP contribution in [0.4, 0.5) is 0 Å². The Morgan fingerprint density at radius 2 is 2.00 bits per heavy atom. The summed E-state index contributed by atoms with van der Waals surface area (Å²) in [6, 6.07) is 1.17. The molecule has 0 aromatic rings. The summed E-state index contributed by atoms with van der Waals surface area (Å²) < 4.78 is 4.91. The highest BCUT2D eigenvalue weighted by Gasteiger charge is 2.23. The van der Waals surface area contributed by atoms with E-state index in [0.29, 0.717) is 12.1 Å². The first-order valence-corrected chi connectivity index (χ1v) is 8.20. The molecule has 0 aromatic heterocycles. The van der Waals surface area contributed by atoms with Gasteiger partial charge in [-0.1, -0.05) is 32.6 Å². The van der Waals surface area contributed by atoms with Gasteiger partial charge in [0.05, 0.1) is 0 Å². The Balaban J connectivity index is 2.13. The second-order valence-corrected chi connectivity index (χ2v) is 6.01. The average Bonchev–Trinajstić information content (AvgIpc) is 2.45. The molecule has 1 aliphatic heterocycles. The zero-order valence-corrected chi connectivity index (χ0v) is 13.5. The van der Waals surface area contributed by atoms with Crippen LogP contribution in [0, 0.1) is 0 Å². The first kappa shape index (κ1) is 17.4. The first-order valence-electron chi connectivity index (χ1n) is 8.20. The maximum atomic E-state index is 11.7. The van der Waals surface area contributed by atoms with Gasteiger partial charge in [0.25, 0.3) is 0 Å². The molecule has 1 amide bonds. The molecule has 1 atom stereocenters. The summed E-state index contributed by atoms with van der Waals surface area (Å²) >= 11 is 0. The molecular weight excluding hydrogens is 252 g/mol. The standard InChI is InChI=1S/C16H32N2O2/c1-4-5-6-7-8-14(2)17-15-9-11-18(12-10-15)16(19)13-20-3/h14-15,17H,4-13H2,1-3H3. The van der Waals surface area contributed by atoms with Gasteiger partial charge in [0.2, 0.25) is 5.91 Å². The number of rotatable bonds is 9. The fourth-order valence-corrected chi connectivity index (χ4v) is 2.87. The number of nitrogens with one attached hydrogen (secondary N) is 1. The van der Waals surface area contributed by atoms with E-state index in [1.165, 1.54) is 32.1 Å². The van der Waals surface area contributed by atoms with Gasteiger partial charge in [0.1, 0.15) is 6.61 Å². The van der Waals surface area contributed by atoms with Gasteiger partial charge in [-0.2, -0.15) is 0 Å². The molecule has 1 unspecified atom stereocenters. The minimum absolute atomic E-state index is 0.124. The second-order valence-electron chi connectivity index (χ2n) is 6.01. The highest BCUT2D eigenvalue weighted by molar-refractivity contribution is 5.77. The molecule has 4 nitrogen and oxygen atoms in total. The Kier molecular flexibility index (Phi) is 8.86. The molecule has 1 heterocycles. The second kappa shape index (κ2) is 10.2. The molecule has 0 radical (unpaired) electrons. The molecule has 118 valence electrons. The predicted octanol–water partition coefficient (Wildman–Crippen LogP) is 2.57. The normalized spacial score (nSPS) is 18.2. The largest absolute Gasteiger partial charge is 0.375 e. The number of likely N-dealkylation sites (tertiary alicyclic amines) is 1. The molecule has 1 saturated heterocycles. The van der Waals surface area contributed by atoms with Crippen molar-refractivity contribution < 1.29 is 9.53 Å². The molecular formula is C16H32N2O2. The van der Waals surface area contributed by atoms with Gasteiger partial charge in [0.15, 0.2) is 0 Å². The van der Waals surface area contributed by atoms with Crippen LogP contribution in [0.3, 0.4) is 0 Å². The van der Waals surface area contributed by atoms with E-state index in [1.54, 1.807) is 7.11 Å². The van der Waals surface area contributed by atoms with Gasteiger partial charge in [0, 0.05) is 32.3 Å². The number of ether oxygens (including phenoxy) is 1. The van der Waals surface area contributed by atoms with Crippen LogP contribution in [0.2, 0.25) is 0 Å². The maximum absolute atomic E-state index is 11.7. The van der Waals surface area contributed by atoms with Gasteiger partial charge in [-0.3, -0.25) is 4.79 Å². The number of hydrogen-bond donors (Lipinski definition) is 1. The van der Waals surface area contributed by atoms with Gasteiger partial charge in [-0.25, -0.2) is 0 Å². The van der Waals surface area contributed by atoms with Crippen molar-refractivity contribution in [2.45, 2.75) is 70.9 Å². The van der Waals surface area contributed by atoms with Crippen LogP contribution >= 0.6 is 0 Å². The van der Waals surface area contributed by atoms with Crippen molar-refractivity contribution >= 4 is 5.91 Å². The minimum Gasteiger partial charge on any atom is -0.375 e. The van der Waals surface area contributed by atoms with Crippen molar-refractivity contribution in [2.75, 3.05) is 26.8 Å². The number of methoxy groups -OCH3 is 1. The van der Waals surface area contributed by atoms with Crippen molar-refractivity contribution in [3.05, 3.63) is 0 Å². The van der Waals surface area contributed by atoms with Crippen LogP contribution in [-0.2, 0) is 9.53 Å². The predicted molar refractivity (Wildman–Crippen MR) is 82.8 cm³/mol. The van der Waals surface area contributed by atoms with E-state index in [0.717, 1.165) is 25.9 Å². The number of unbranched alkanes of at least 4 members (excludes halogenated alkanes) is 3. The molecule has 4 heteroatoms. The zero-order valence-electron chi connectivity index (χ0n) is 13.5. The van der Waals surface area contributed by atoms with E-state index in [2.05, 4.69) is 19.2 Å². The summed E-state index contributed by atoms with van der Waals surface area (Å²) in [6.45, 7) is 6.48. The first-order chi connectivity index (χ1) is 9.67. The fourth-order valence-electron chi connectivity index (χ4n) is 2.87. The number of amides is 1. The molecule has 1 N–H and O–H groups in total. The number of hydrogen-bond acceptors (Lipinski definition) is 3. The Labute approximate surface area is 124 Å². The SMILES string of the molecule is CCCCCCC(C)NC1CCN(C(=O)COC)CC1. The van der Waals surface area contributed by atoms with Crippen LogP contribution in [0.15, 0.2) is 0 Å². The third-order valence-electron chi connectivity index (χ3n) is 4.13. The van der Waals surface area contributed by atoms with Crippen molar-refractivity contribution in [1.29, 1.82) is 0 Å². The highest BCUT2D eigenvalue weighted by Crippen LogP contribution is 2.13. The molecule has 0 bridgehead atoms. The zero-order chi connectivity index (χ0) is 14.8. The van der Waals surface area contributed by atoms with Crippen LogP contribution in [0.25, 0.3) is 0 Å². The lowest BCUT2D eigenvalue weighted by Crippen LogP contribution is -2.47. The maximum Gasteiger partial charge on any atom is 0.248 e. The monoisotopic (exact) mass is 284 g/mol. The van der Waals surface area contributed by atoms with E-state index in [1.807, 2.05) is 4.90 Å². The number of nitrogens with zero attached hydrogens (tertiary/aromatic N) is 1. The Hall–Kier alpha value is -0.610. The summed E-state index contributed by atoms with van der Waals surface area (Å²) in [7, 11) is 1.58. The lowest BCUT2D eigenvalue weighted by atomic mass is 10.0. The van der Waals surface area contributed by atoms with Crippen LogP contribution in [0.1, 0.15) is 58.8 Å². The summed E-state index contributed by atoms with van der Waals surface area (Å²) in [6.07, 6.45) is 8.73. The van der Waals surface area contributed by atoms with Crippen molar-refractivity contribution in [3.8, 4) is 0 Å². The Bertz CT molecular complexity index is 263. The van der Waals surface area contributed by atoms with E-state index < -0.39 is 0 Å². The molecule has 0 aromatic carbocycles. The van der Waals surface area contributed by atoms with Gasteiger partial charge in [-0.15, -0.1) is 0 Å². The van der Waals surface area contributed by atoms with Gasteiger partial charge < -0.3 is 15.0 Å². The summed E-state index contributed by atoms with van der Waals surface area (Å²) in [5, 5.41) is 3.72. The van der Waals surface area contributed by atoms with Crippen LogP contribution in [-0.4, -0.2) is 49.7 Å². The summed E-state index contributed by atoms with van der Waals surface area (Å²) in [4.78, 5) is 13.6. The van der Waals surface area contributed by atoms with Crippen LogP contribution in [0.5, 0.6) is 0 Å². The van der Waals surface area contributed by atoms with Gasteiger partial charge in [-0.05, 0) is 26.2 Å². The van der Waals surface area contributed by atoms with Crippen molar-refractivity contribution in [3.63, 3.8) is 0 Å². The molecule has 1 rings (SSSR count). The molecule has 1 fully saturated rings. The Morgan fingerprint density at radius 1 is 1.30 bits per heavy atom. The molecule has 0 aliphatic carbocycles. The lowest BCUT2D eigenvalue weighted by Gasteiger charge is -2.34. The van der Waals surface area contributed by atoms with Crippen molar-refractivity contribution in [2.24, 2.45) is 0 Å². The highest BCUT2D eigenvalue weighted by atomic mass is 16.5. The number of piperidine rings is 1. The van der Waals surface area contributed by atoms with E-state index >= 15 is 0 Å². The molecule has 0 saturated carbocycles. The number of carbonyl (C=O) groups excluding carboxylic acids is 1. The third kappa shape index (κ3) is 6.71. The quantitative estimate of drug-likeness (QED) is 0.662. The van der Waals surface area contributed by atoms with E-state index in [-0.39, 0.29) is 12.5 Å². The number of carbonyl (C=O) groups is 1. The lowest BCUT2D eigenvalue weighted by molar-refractivity contribution is -0.136. The summed E-state index contributed by atoms with van der Waals surface area (Å²) in [5.74, 6) is 0.124.